The largest absolute Gasteiger partial charge is 0.353 e. The highest BCUT2D eigenvalue weighted by Crippen LogP contribution is 2.04. The second-order valence-electron chi connectivity index (χ2n) is 3.62. The molecule has 1 heterocycles. The van der Waals surface area contributed by atoms with Gasteiger partial charge in [-0.15, -0.1) is 0 Å². The van der Waals surface area contributed by atoms with E-state index < -0.39 is 0 Å². The monoisotopic (exact) mass is 235 g/mol. The molecule has 2 rings (SSSR count). The average Bonchev–Trinajstić information content (AvgIpc) is 2.79. The maximum Gasteiger partial charge on any atom is 0.242 e. The summed E-state index contributed by atoms with van der Waals surface area (Å²) in [5.41, 5.74) is 1.08. The first kappa shape index (κ1) is 11.5. The molecule has 0 bridgehead atoms. The molecule has 0 fully saturated rings. The highest BCUT2D eigenvalue weighted by molar-refractivity contribution is 5.23. The highest BCUT2D eigenvalue weighted by atomic mass is 19.1. The van der Waals surface area contributed by atoms with E-state index in [4.69, 9.17) is 0 Å². The van der Waals surface area contributed by atoms with Crippen LogP contribution in [0.15, 0.2) is 24.3 Å². The van der Waals surface area contributed by atoms with Crippen molar-refractivity contribution in [2.75, 3.05) is 11.9 Å². The van der Waals surface area contributed by atoms with Crippen molar-refractivity contribution in [2.24, 2.45) is 0 Å². The van der Waals surface area contributed by atoms with Crippen LogP contribution in [-0.4, -0.2) is 26.8 Å². The van der Waals surface area contributed by atoms with Gasteiger partial charge in [-0.25, -0.2) is 9.07 Å². The van der Waals surface area contributed by atoms with Gasteiger partial charge in [0.2, 0.25) is 5.95 Å². The summed E-state index contributed by atoms with van der Waals surface area (Å²) < 4.78 is 14.4. The molecule has 90 valence electrons. The summed E-state index contributed by atoms with van der Waals surface area (Å²) in [6.07, 6.45) is 0.802. The lowest BCUT2D eigenvalue weighted by molar-refractivity contribution is 0.626. The zero-order chi connectivity index (χ0) is 12.1. The van der Waals surface area contributed by atoms with Gasteiger partial charge in [0, 0.05) is 13.1 Å². The normalized spacial score (nSPS) is 10.5. The van der Waals surface area contributed by atoms with Gasteiger partial charge in [-0.1, -0.05) is 17.2 Å². The minimum atomic E-state index is -0.211. The van der Waals surface area contributed by atoms with Crippen molar-refractivity contribution in [2.45, 2.75) is 19.9 Å². The number of aromatic nitrogens is 4. The van der Waals surface area contributed by atoms with Gasteiger partial charge in [-0.3, -0.25) is 0 Å². The number of hydrogen-bond donors (Lipinski definition) is 1. The maximum absolute atomic E-state index is 12.7. The van der Waals surface area contributed by atoms with Crippen LogP contribution in [0, 0.1) is 5.82 Å². The summed E-state index contributed by atoms with van der Waals surface area (Å²) in [6, 6.07) is 6.48. The highest BCUT2D eigenvalue weighted by Gasteiger charge is 2.02. The third-order valence-corrected chi connectivity index (χ3v) is 2.44. The Kier molecular flexibility index (Phi) is 3.64. The summed E-state index contributed by atoms with van der Waals surface area (Å²) in [5, 5.41) is 14.4. The fourth-order valence-electron chi connectivity index (χ4n) is 1.51. The van der Waals surface area contributed by atoms with E-state index in [1.165, 1.54) is 12.1 Å². The average molecular weight is 235 g/mol. The van der Waals surface area contributed by atoms with E-state index in [2.05, 4.69) is 20.8 Å². The molecule has 2 aromatic rings. The Bertz CT molecular complexity index is 465. The Morgan fingerprint density at radius 1 is 1.29 bits per heavy atom. The van der Waals surface area contributed by atoms with E-state index in [1.54, 1.807) is 16.8 Å². The molecule has 0 unspecified atom stereocenters. The number of hydrogen-bond acceptors (Lipinski definition) is 4. The van der Waals surface area contributed by atoms with E-state index in [0.29, 0.717) is 12.5 Å². The summed E-state index contributed by atoms with van der Waals surface area (Å²) in [7, 11) is 0. The molecule has 0 radical (unpaired) electrons. The van der Waals surface area contributed by atoms with Gasteiger partial charge in [0.25, 0.3) is 0 Å². The van der Waals surface area contributed by atoms with Gasteiger partial charge in [0.1, 0.15) is 5.82 Å². The number of aryl methyl sites for hydroxylation is 1. The molecule has 0 saturated heterocycles. The predicted molar refractivity (Wildman–Crippen MR) is 62.1 cm³/mol. The lowest BCUT2D eigenvalue weighted by atomic mass is 10.1. The minimum Gasteiger partial charge on any atom is -0.353 e. The molecule has 17 heavy (non-hydrogen) atoms. The molecule has 1 N–H and O–H groups in total. The Morgan fingerprint density at radius 3 is 2.76 bits per heavy atom. The Labute approximate surface area is 98.6 Å². The molecule has 0 spiro atoms. The Balaban J connectivity index is 1.85. The fourth-order valence-corrected chi connectivity index (χ4v) is 1.51. The van der Waals surface area contributed by atoms with E-state index in [-0.39, 0.29) is 5.82 Å². The molecular formula is C11H14FN5. The van der Waals surface area contributed by atoms with E-state index >= 15 is 0 Å². The second-order valence-corrected chi connectivity index (χ2v) is 3.62. The zero-order valence-corrected chi connectivity index (χ0v) is 9.60. The van der Waals surface area contributed by atoms with Gasteiger partial charge in [0.05, 0.1) is 0 Å². The van der Waals surface area contributed by atoms with Crippen LogP contribution in [0.25, 0.3) is 0 Å². The first-order valence-electron chi connectivity index (χ1n) is 5.54. The molecule has 0 atom stereocenters. The molecule has 0 aliphatic heterocycles. The summed E-state index contributed by atoms with van der Waals surface area (Å²) >= 11 is 0. The summed E-state index contributed by atoms with van der Waals surface area (Å²) in [6.45, 7) is 3.42. The molecule has 5 nitrogen and oxygen atoms in total. The van der Waals surface area contributed by atoms with Crippen LogP contribution in [-0.2, 0) is 13.0 Å². The number of nitrogens with zero attached hydrogens (tertiary/aromatic N) is 4. The zero-order valence-electron chi connectivity index (χ0n) is 9.60. The standard InChI is InChI=1S/C11H14FN5/c1-2-17-11(14-15-16-17)13-8-7-9-3-5-10(12)6-4-9/h3-6H,2,7-8H2,1H3,(H,13,14,16). The van der Waals surface area contributed by atoms with Crippen molar-refractivity contribution in [3.8, 4) is 0 Å². The van der Waals surface area contributed by atoms with Gasteiger partial charge >= 0.3 is 0 Å². The van der Waals surface area contributed by atoms with E-state index in [9.17, 15) is 4.39 Å². The van der Waals surface area contributed by atoms with Crippen LogP contribution >= 0.6 is 0 Å². The SMILES string of the molecule is CCn1nnnc1NCCc1ccc(F)cc1. The van der Waals surface area contributed by atoms with Crippen LogP contribution in [0.4, 0.5) is 10.3 Å². The Morgan fingerprint density at radius 2 is 2.06 bits per heavy atom. The van der Waals surface area contributed by atoms with Crippen molar-refractivity contribution in [3.63, 3.8) is 0 Å². The number of anilines is 1. The van der Waals surface area contributed by atoms with Gasteiger partial charge < -0.3 is 5.32 Å². The molecule has 0 aliphatic rings. The van der Waals surface area contributed by atoms with Crippen LogP contribution in [0.2, 0.25) is 0 Å². The maximum atomic E-state index is 12.7. The topological polar surface area (TPSA) is 55.6 Å². The third-order valence-electron chi connectivity index (χ3n) is 2.44. The number of nitrogens with one attached hydrogen (secondary N) is 1. The van der Waals surface area contributed by atoms with E-state index in [1.807, 2.05) is 6.92 Å². The molecule has 1 aromatic heterocycles. The number of halogens is 1. The van der Waals surface area contributed by atoms with Crippen molar-refractivity contribution in [1.29, 1.82) is 0 Å². The molecule has 1 aromatic carbocycles. The summed E-state index contributed by atoms with van der Waals surface area (Å²) in [5.74, 6) is 0.450. The van der Waals surface area contributed by atoms with Gasteiger partial charge in [-0.05, 0) is 41.5 Å². The van der Waals surface area contributed by atoms with Crippen molar-refractivity contribution in [3.05, 3.63) is 35.6 Å². The number of benzene rings is 1. The molecule has 0 amide bonds. The van der Waals surface area contributed by atoms with Crippen LogP contribution < -0.4 is 5.32 Å². The second kappa shape index (κ2) is 5.38. The van der Waals surface area contributed by atoms with Crippen molar-refractivity contribution < 1.29 is 4.39 Å². The molecule has 0 aliphatic carbocycles. The fraction of sp³-hybridized carbons (Fsp3) is 0.364. The van der Waals surface area contributed by atoms with Crippen LogP contribution in [0.1, 0.15) is 12.5 Å². The predicted octanol–water partition coefficient (Wildman–Crippen LogP) is 1.49. The van der Waals surface area contributed by atoms with Crippen molar-refractivity contribution >= 4 is 5.95 Å². The Hall–Kier alpha value is -1.98. The van der Waals surface area contributed by atoms with Crippen LogP contribution in [0.5, 0.6) is 0 Å². The van der Waals surface area contributed by atoms with Gasteiger partial charge in [-0.2, -0.15) is 0 Å². The third kappa shape index (κ3) is 2.99. The summed E-state index contributed by atoms with van der Waals surface area (Å²) in [4.78, 5) is 0. The lowest BCUT2D eigenvalue weighted by Crippen LogP contribution is -2.11. The quantitative estimate of drug-likeness (QED) is 0.853. The van der Waals surface area contributed by atoms with Crippen molar-refractivity contribution in [1.82, 2.24) is 20.2 Å². The molecule has 0 saturated carbocycles. The first-order chi connectivity index (χ1) is 8.29. The lowest BCUT2D eigenvalue weighted by Gasteiger charge is -2.05. The smallest absolute Gasteiger partial charge is 0.242 e. The van der Waals surface area contributed by atoms with E-state index in [0.717, 1.165) is 18.5 Å². The number of rotatable bonds is 5. The minimum absolute atomic E-state index is 0.211. The molecular weight excluding hydrogens is 221 g/mol. The van der Waals surface area contributed by atoms with Crippen LogP contribution in [0.3, 0.4) is 0 Å². The van der Waals surface area contributed by atoms with Gasteiger partial charge in [0.15, 0.2) is 0 Å². The first-order valence-corrected chi connectivity index (χ1v) is 5.54. The number of tetrazole rings is 1. The molecule has 6 heteroatoms.